The highest BCUT2D eigenvalue weighted by Gasteiger charge is 2.19. The number of carbonyl (C=O) groups excluding carboxylic acids is 2. The average molecular weight is 279 g/mol. The molecule has 0 aliphatic heterocycles. The highest BCUT2D eigenvalue weighted by atomic mass is 16.5. The van der Waals surface area contributed by atoms with Gasteiger partial charge in [-0.25, -0.2) is 4.79 Å². The van der Waals surface area contributed by atoms with Crippen molar-refractivity contribution in [2.45, 2.75) is 32.9 Å². The number of hydrogen-bond acceptors (Lipinski definition) is 5. The van der Waals surface area contributed by atoms with Crippen molar-refractivity contribution in [2.75, 3.05) is 18.2 Å². The molecule has 6 nitrogen and oxygen atoms in total. The molecule has 1 amide bonds. The number of carbonyl (C=O) groups is 2. The standard InChI is InChI=1S/C14H21N3O3/c1-8(2)16-13(18)9(3)17-12-10(14(19)20-4)6-5-7-11(12)15/h5-9,17H,15H2,1-4H3,(H,16,18). The van der Waals surface area contributed by atoms with Crippen molar-refractivity contribution in [3.8, 4) is 0 Å². The first kappa shape index (κ1) is 15.8. The van der Waals surface area contributed by atoms with E-state index in [9.17, 15) is 9.59 Å². The molecule has 0 fully saturated rings. The number of anilines is 2. The molecular formula is C14H21N3O3. The van der Waals surface area contributed by atoms with E-state index in [0.717, 1.165) is 0 Å². The number of rotatable bonds is 5. The first-order valence-corrected chi connectivity index (χ1v) is 6.40. The second kappa shape index (κ2) is 6.79. The fraction of sp³-hybridized carbons (Fsp3) is 0.429. The molecule has 0 spiro atoms. The van der Waals surface area contributed by atoms with Crippen LogP contribution in [-0.2, 0) is 9.53 Å². The highest BCUT2D eigenvalue weighted by molar-refractivity contribution is 6.00. The molecule has 1 rings (SSSR count). The third-order valence-electron chi connectivity index (χ3n) is 2.69. The summed E-state index contributed by atoms with van der Waals surface area (Å²) in [5.74, 6) is -0.671. The molecule has 110 valence electrons. The molecule has 1 atom stereocenters. The lowest BCUT2D eigenvalue weighted by atomic mass is 10.1. The lowest BCUT2D eigenvalue weighted by Gasteiger charge is -2.19. The Hall–Kier alpha value is -2.24. The van der Waals surface area contributed by atoms with Crippen LogP contribution < -0.4 is 16.4 Å². The molecular weight excluding hydrogens is 258 g/mol. The van der Waals surface area contributed by atoms with Crippen LogP contribution in [0, 0.1) is 0 Å². The molecule has 20 heavy (non-hydrogen) atoms. The topological polar surface area (TPSA) is 93.4 Å². The van der Waals surface area contributed by atoms with E-state index in [0.29, 0.717) is 16.9 Å². The second-order valence-electron chi connectivity index (χ2n) is 4.79. The zero-order valence-electron chi connectivity index (χ0n) is 12.2. The van der Waals surface area contributed by atoms with Gasteiger partial charge in [-0.2, -0.15) is 0 Å². The molecule has 1 aromatic carbocycles. The van der Waals surface area contributed by atoms with Gasteiger partial charge in [0.15, 0.2) is 0 Å². The number of nitrogens with one attached hydrogen (secondary N) is 2. The number of methoxy groups -OCH3 is 1. The monoisotopic (exact) mass is 279 g/mol. The number of ether oxygens (including phenoxy) is 1. The van der Waals surface area contributed by atoms with Crippen molar-refractivity contribution in [2.24, 2.45) is 0 Å². The number of esters is 1. The minimum absolute atomic E-state index is 0.0416. The van der Waals surface area contributed by atoms with Gasteiger partial charge >= 0.3 is 5.97 Å². The minimum Gasteiger partial charge on any atom is -0.465 e. The van der Waals surface area contributed by atoms with Crippen LogP contribution in [0.4, 0.5) is 11.4 Å². The Morgan fingerprint density at radius 1 is 1.25 bits per heavy atom. The lowest BCUT2D eigenvalue weighted by Crippen LogP contribution is -2.41. The van der Waals surface area contributed by atoms with Gasteiger partial charge in [0, 0.05) is 6.04 Å². The second-order valence-corrected chi connectivity index (χ2v) is 4.79. The quantitative estimate of drug-likeness (QED) is 0.559. The van der Waals surface area contributed by atoms with Gasteiger partial charge in [0.05, 0.1) is 24.0 Å². The van der Waals surface area contributed by atoms with E-state index in [4.69, 9.17) is 10.5 Å². The van der Waals surface area contributed by atoms with Crippen LogP contribution in [-0.4, -0.2) is 31.1 Å². The number of amides is 1. The highest BCUT2D eigenvalue weighted by Crippen LogP contribution is 2.25. The van der Waals surface area contributed by atoms with Gasteiger partial charge in [0.1, 0.15) is 6.04 Å². The first-order chi connectivity index (χ1) is 9.36. The molecule has 1 aromatic rings. The molecule has 6 heteroatoms. The van der Waals surface area contributed by atoms with E-state index in [2.05, 4.69) is 10.6 Å². The fourth-order valence-electron chi connectivity index (χ4n) is 1.70. The Bertz CT molecular complexity index is 500. The minimum atomic E-state index is -0.523. The number of nitrogens with two attached hydrogens (primary N) is 1. The molecule has 0 heterocycles. The summed E-state index contributed by atoms with van der Waals surface area (Å²) in [6.45, 7) is 5.45. The maximum absolute atomic E-state index is 11.9. The van der Waals surface area contributed by atoms with Crippen LogP contribution in [0.5, 0.6) is 0 Å². The van der Waals surface area contributed by atoms with Crippen molar-refractivity contribution in [3.05, 3.63) is 23.8 Å². The summed E-state index contributed by atoms with van der Waals surface area (Å²) in [5.41, 5.74) is 6.96. The maximum Gasteiger partial charge on any atom is 0.340 e. The lowest BCUT2D eigenvalue weighted by molar-refractivity contribution is -0.122. The molecule has 1 unspecified atom stereocenters. The number of hydrogen-bond donors (Lipinski definition) is 3. The SMILES string of the molecule is COC(=O)c1cccc(N)c1NC(C)C(=O)NC(C)C. The molecule has 0 aliphatic rings. The molecule has 4 N–H and O–H groups in total. The van der Waals surface area contributed by atoms with Crippen LogP contribution in [0.15, 0.2) is 18.2 Å². The van der Waals surface area contributed by atoms with Crippen LogP contribution in [0.25, 0.3) is 0 Å². The summed E-state index contributed by atoms with van der Waals surface area (Å²) < 4.78 is 4.70. The summed E-state index contributed by atoms with van der Waals surface area (Å²) in [7, 11) is 1.30. The van der Waals surface area contributed by atoms with Gasteiger partial charge < -0.3 is 21.1 Å². The predicted octanol–water partition coefficient (Wildman–Crippen LogP) is 1.38. The van der Waals surface area contributed by atoms with Crippen LogP contribution in [0.2, 0.25) is 0 Å². The third kappa shape index (κ3) is 3.88. The van der Waals surface area contributed by atoms with Gasteiger partial charge in [-0.3, -0.25) is 4.79 Å². The maximum atomic E-state index is 11.9. The van der Waals surface area contributed by atoms with E-state index in [1.54, 1.807) is 25.1 Å². The van der Waals surface area contributed by atoms with Crippen molar-refractivity contribution in [1.29, 1.82) is 0 Å². The summed E-state index contributed by atoms with van der Waals surface area (Å²) in [4.78, 5) is 23.6. The van der Waals surface area contributed by atoms with E-state index in [1.165, 1.54) is 7.11 Å². The molecule has 0 saturated carbocycles. The smallest absolute Gasteiger partial charge is 0.340 e. The Morgan fingerprint density at radius 3 is 2.45 bits per heavy atom. The van der Waals surface area contributed by atoms with Crippen molar-refractivity contribution >= 4 is 23.3 Å². The van der Waals surface area contributed by atoms with E-state index < -0.39 is 12.0 Å². The van der Waals surface area contributed by atoms with E-state index in [1.807, 2.05) is 13.8 Å². The summed E-state index contributed by atoms with van der Waals surface area (Å²) in [6, 6.07) is 4.43. The van der Waals surface area contributed by atoms with Gasteiger partial charge in [-0.1, -0.05) is 6.07 Å². The Balaban J connectivity index is 2.96. The van der Waals surface area contributed by atoms with Crippen molar-refractivity contribution < 1.29 is 14.3 Å². The Morgan fingerprint density at radius 2 is 1.90 bits per heavy atom. The van der Waals surface area contributed by atoms with Crippen LogP contribution >= 0.6 is 0 Å². The molecule has 0 bridgehead atoms. The third-order valence-corrected chi connectivity index (χ3v) is 2.69. The van der Waals surface area contributed by atoms with Crippen molar-refractivity contribution in [1.82, 2.24) is 5.32 Å². The van der Waals surface area contributed by atoms with Gasteiger partial charge in [-0.05, 0) is 32.9 Å². The molecule has 0 radical (unpaired) electrons. The van der Waals surface area contributed by atoms with Gasteiger partial charge in [0.2, 0.25) is 5.91 Å². The average Bonchev–Trinajstić information content (AvgIpc) is 2.39. The first-order valence-electron chi connectivity index (χ1n) is 6.40. The Labute approximate surface area is 118 Å². The molecule has 0 aromatic heterocycles. The van der Waals surface area contributed by atoms with Crippen LogP contribution in [0.3, 0.4) is 0 Å². The largest absolute Gasteiger partial charge is 0.465 e. The van der Waals surface area contributed by atoms with Gasteiger partial charge in [-0.15, -0.1) is 0 Å². The number of nitrogen functional groups attached to an aromatic ring is 1. The Kier molecular flexibility index (Phi) is 5.37. The zero-order chi connectivity index (χ0) is 15.3. The molecule has 0 saturated heterocycles. The number of benzene rings is 1. The normalized spacial score (nSPS) is 11.8. The summed E-state index contributed by atoms with van der Waals surface area (Å²) in [5, 5.41) is 5.75. The summed E-state index contributed by atoms with van der Waals surface area (Å²) >= 11 is 0. The zero-order valence-corrected chi connectivity index (χ0v) is 12.2. The van der Waals surface area contributed by atoms with E-state index >= 15 is 0 Å². The fourth-order valence-corrected chi connectivity index (χ4v) is 1.70. The van der Waals surface area contributed by atoms with Gasteiger partial charge in [0.25, 0.3) is 0 Å². The van der Waals surface area contributed by atoms with Crippen molar-refractivity contribution in [3.63, 3.8) is 0 Å². The molecule has 0 aliphatic carbocycles. The van der Waals surface area contributed by atoms with E-state index in [-0.39, 0.29) is 11.9 Å². The number of para-hydroxylation sites is 1. The van der Waals surface area contributed by atoms with Crippen LogP contribution in [0.1, 0.15) is 31.1 Å². The summed E-state index contributed by atoms with van der Waals surface area (Å²) in [6.07, 6.45) is 0. The predicted molar refractivity (Wildman–Crippen MR) is 78.6 cm³/mol.